The summed E-state index contributed by atoms with van der Waals surface area (Å²) in [4.78, 5) is 0. The van der Waals surface area contributed by atoms with Crippen LogP contribution in [0.4, 0.5) is 0 Å². The standard InChI is InChI=1S/C34H44/c1-3-5-7-9-27-11-13-28(14-12-27)15-16-29-17-20-31(21-18-29)33-24-23-32-25-30(10-8-6-4-2)19-22-34(32)26-33/h3,5,17-28H,4,6-16H2,1-2H3/b5-3+. The Balaban J connectivity index is 1.29. The molecule has 1 saturated carbocycles. The van der Waals surface area contributed by atoms with E-state index in [0.29, 0.717) is 0 Å². The van der Waals surface area contributed by atoms with E-state index in [-0.39, 0.29) is 0 Å². The first-order valence-corrected chi connectivity index (χ1v) is 14.0. The summed E-state index contributed by atoms with van der Waals surface area (Å²) >= 11 is 0. The number of fused-ring (bicyclic) bond motifs is 1. The zero-order valence-electron chi connectivity index (χ0n) is 21.6. The number of hydrogen-bond donors (Lipinski definition) is 0. The highest BCUT2D eigenvalue weighted by molar-refractivity contribution is 5.87. The van der Waals surface area contributed by atoms with E-state index in [1.807, 2.05) is 0 Å². The minimum atomic E-state index is 0.935. The molecule has 0 aliphatic heterocycles. The molecule has 0 N–H and O–H groups in total. The summed E-state index contributed by atoms with van der Waals surface area (Å²) in [6.45, 7) is 4.41. The van der Waals surface area contributed by atoms with Crippen LogP contribution >= 0.6 is 0 Å². The second-order valence-electron chi connectivity index (χ2n) is 10.6. The third-order valence-electron chi connectivity index (χ3n) is 8.05. The molecule has 0 saturated heterocycles. The van der Waals surface area contributed by atoms with Crippen LogP contribution in [0.2, 0.25) is 0 Å². The molecule has 0 heteroatoms. The van der Waals surface area contributed by atoms with Crippen LogP contribution in [0.3, 0.4) is 0 Å². The van der Waals surface area contributed by atoms with E-state index in [1.54, 1.807) is 0 Å². The number of benzene rings is 3. The molecule has 0 heterocycles. The lowest BCUT2D eigenvalue weighted by Crippen LogP contribution is -2.15. The second-order valence-corrected chi connectivity index (χ2v) is 10.6. The van der Waals surface area contributed by atoms with E-state index in [9.17, 15) is 0 Å². The molecule has 3 aromatic rings. The Kier molecular flexibility index (Phi) is 9.43. The van der Waals surface area contributed by atoms with Gasteiger partial charge in [0.15, 0.2) is 0 Å². The molecule has 0 atom stereocenters. The minimum absolute atomic E-state index is 0.935. The summed E-state index contributed by atoms with van der Waals surface area (Å²) in [6.07, 6.45) is 20.7. The molecule has 0 aromatic heterocycles. The molecule has 34 heavy (non-hydrogen) atoms. The number of hydrogen-bond acceptors (Lipinski definition) is 0. The van der Waals surface area contributed by atoms with E-state index >= 15 is 0 Å². The van der Waals surface area contributed by atoms with Crippen LogP contribution < -0.4 is 0 Å². The van der Waals surface area contributed by atoms with Crippen molar-refractivity contribution in [2.45, 2.75) is 90.9 Å². The highest BCUT2D eigenvalue weighted by Crippen LogP contribution is 2.34. The molecule has 0 unspecified atom stereocenters. The van der Waals surface area contributed by atoms with Crippen molar-refractivity contribution < 1.29 is 0 Å². The largest absolute Gasteiger partial charge is 0.0917 e. The molecule has 0 bridgehead atoms. The maximum absolute atomic E-state index is 2.38. The predicted octanol–water partition coefficient (Wildman–Crippen LogP) is 10.3. The van der Waals surface area contributed by atoms with E-state index < -0.39 is 0 Å². The van der Waals surface area contributed by atoms with Gasteiger partial charge in [0.25, 0.3) is 0 Å². The van der Waals surface area contributed by atoms with Crippen LogP contribution in [0.25, 0.3) is 21.9 Å². The Bertz CT molecular complexity index is 1030. The van der Waals surface area contributed by atoms with Crippen molar-refractivity contribution >= 4 is 10.8 Å². The van der Waals surface area contributed by atoms with Crippen molar-refractivity contribution in [3.8, 4) is 11.1 Å². The molecule has 1 aliphatic rings. The Morgan fingerprint density at radius 2 is 1.32 bits per heavy atom. The highest BCUT2D eigenvalue weighted by atomic mass is 14.3. The SMILES string of the molecule is C/C=C/CCC1CCC(CCc2ccc(-c3ccc4cc(CCCCC)ccc4c3)cc2)CC1. The van der Waals surface area contributed by atoms with Crippen LogP contribution in [0, 0.1) is 11.8 Å². The third kappa shape index (κ3) is 7.08. The van der Waals surface area contributed by atoms with Gasteiger partial charge in [-0.2, -0.15) is 0 Å². The highest BCUT2D eigenvalue weighted by Gasteiger charge is 2.20. The third-order valence-corrected chi connectivity index (χ3v) is 8.05. The molecule has 1 fully saturated rings. The van der Waals surface area contributed by atoms with Gasteiger partial charge in [0.2, 0.25) is 0 Å². The summed E-state index contributed by atoms with van der Waals surface area (Å²) in [7, 11) is 0. The monoisotopic (exact) mass is 452 g/mol. The van der Waals surface area contributed by atoms with Gasteiger partial charge in [0.1, 0.15) is 0 Å². The van der Waals surface area contributed by atoms with Crippen molar-refractivity contribution in [1.29, 1.82) is 0 Å². The Labute approximate surface area is 208 Å². The molecule has 0 nitrogen and oxygen atoms in total. The smallest absolute Gasteiger partial charge is 0.0178 e. The molecule has 0 radical (unpaired) electrons. The van der Waals surface area contributed by atoms with E-state index in [1.165, 1.54) is 110 Å². The van der Waals surface area contributed by atoms with Crippen LogP contribution in [-0.4, -0.2) is 0 Å². The average Bonchev–Trinajstić information content (AvgIpc) is 2.88. The van der Waals surface area contributed by atoms with Crippen molar-refractivity contribution in [2.75, 3.05) is 0 Å². The summed E-state index contributed by atoms with van der Waals surface area (Å²) in [5.41, 5.74) is 5.63. The molecular formula is C34H44. The fourth-order valence-corrected chi connectivity index (χ4v) is 5.75. The van der Waals surface area contributed by atoms with Gasteiger partial charge in [-0.1, -0.05) is 112 Å². The normalized spacial score (nSPS) is 18.6. The Morgan fingerprint density at radius 3 is 2.06 bits per heavy atom. The number of allylic oxidation sites excluding steroid dienone is 2. The van der Waals surface area contributed by atoms with Gasteiger partial charge in [-0.15, -0.1) is 0 Å². The Hall–Kier alpha value is -2.34. The van der Waals surface area contributed by atoms with Crippen LogP contribution in [0.5, 0.6) is 0 Å². The van der Waals surface area contributed by atoms with Gasteiger partial charge in [-0.3, -0.25) is 0 Å². The number of rotatable bonds is 11. The lowest BCUT2D eigenvalue weighted by Gasteiger charge is -2.28. The zero-order chi connectivity index (χ0) is 23.6. The van der Waals surface area contributed by atoms with E-state index in [4.69, 9.17) is 0 Å². The van der Waals surface area contributed by atoms with Gasteiger partial charge >= 0.3 is 0 Å². The van der Waals surface area contributed by atoms with E-state index in [2.05, 4.69) is 86.7 Å². The Morgan fingerprint density at radius 1 is 0.676 bits per heavy atom. The van der Waals surface area contributed by atoms with Crippen LogP contribution in [0.15, 0.2) is 72.8 Å². The first-order chi connectivity index (χ1) is 16.7. The molecule has 0 spiro atoms. The summed E-state index contributed by atoms with van der Waals surface area (Å²) in [5, 5.41) is 2.72. The van der Waals surface area contributed by atoms with E-state index in [0.717, 1.165) is 11.8 Å². The molecular weight excluding hydrogens is 408 g/mol. The molecule has 180 valence electrons. The van der Waals surface area contributed by atoms with Crippen LogP contribution in [-0.2, 0) is 12.8 Å². The fourth-order valence-electron chi connectivity index (χ4n) is 5.75. The summed E-state index contributed by atoms with van der Waals surface area (Å²) in [6, 6.07) is 23.3. The predicted molar refractivity (Wildman–Crippen MR) is 150 cm³/mol. The van der Waals surface area contributed by atoms with Gasteiger partial charge in [0.05, 0.1) is 0 Å². The summed E-state index contributed by atoms with van der Waals surface area (Å²) in [5.74, 6) is 1.91. The maximum Gasteiger partial charge on any atom is -0.0178 e. The quantitative estimate of drug-likeness (QED) is 0.200. The zero-order valence-corrected chi connectivity index (χ0v) is 21.6. The van der Waals surface area contributed by atoms with Crippen molar-refractivity contribution in [3.63, 3.8) is 0 Å². The van der Waals surface area contributed by atoms with Gasteiger partial charge in [-0.25, -0.2) is 0 Å². The molecule has 1 aliphatic carbocycles. The lowest BCUT2D eigenvalue weighted by molar-refractivity contribution is 0.254. The minimum Gasteiger partial charge on any atom is -0.0917 e. The van der Waals surface area contributed by atoms with Crippen molar-refractivity contribution in [1.82, 2.24) is 0 Å². The fraction of sp³-hybridized carbons (Fsp3) is 0.471. The number of aryl methyl sites for hydroxylation is 2. The first-order valence-electron chi connectivity index (χ1n) is 14.0. The topological polar surface area (TPSA) is 0 Å². The van der Waals surface area contributed by atoms with Gasteiger partial charge in [-0.05, 0) is 96.4 Å². The molecule has 4 rings (SSSR count). The second kappa shape index (κ2) is 12.9. The lowest BCUT2D eigenvalue weighted by atomic mass is 9.78. The summed E-state index contributed by atoms with van der Waals surface area (Å²) < 4.78 is 0. The molecule has 0 amide bonds. The van der Waals surface area contributed by atoms with Crippen molar-refractivity contribution in [2.24, 2.45) is 11.8 Å². The number of unbranched alkanes of at least 4 members (excludes halogenated alkanes) is 2. The first kappa shape index (κ1) is 24.8. The van der Waals surface area contributed by atoms with Gasteiger partial charge < -0.3 is 0 Å². The molecule has 3 aromatic carbocycles. The van der Waals surface area contributed by atoms with Crippen LogP contribution in [0.1, 0.15) is 89.2 Å². The average molecular weight is 453 g/mol. The maximum atomic E-state index is 2.38. The van der Waals surface area contributed by atoms with Crippen molar-refractivity contribution in [3.05, 3.63) is 83.9 Å². The van der Waals surface area contributed by atoms with Gasteiger partial charge in [0, 0.05) is 0 Å².